The Hall–Kier alpha value is -3.57. The van der Waals surface area contributed by atoms with Crippen LogP contribution in [-0.2, 0) is 9.84 Å². The van der Waals surface area contributed by atoms with Gasteiger partial charge in [-0.1, -0.05) is 42.0 Å². The van der Waals surface area contributed by atoms with Crippen molar-refractivity contribution in [2.45, 2.75) is 16.7 Å². The molecule has 0 bridgehead atoms. The first kappa shape index (κ1) is 19.4. The van der Waals surface area contributed by atoms with Crippen LogP contribution in [0.5, 0.6) is 5.75 Å². The summed E-state index contributed by atoms with van der Waals surface area (Å²) in [6.07, 6.45) is 0. The van der Waals surface area contributed by atoms with Crippen LogP contribution in [0.25, 0.3) is 27.5 Å². The van der Waals surface area contributed by atoms with E-state index in [1.54, 1.807) is 25.3 Å². The fourth-order valence-electron chi connectivity index (χ4n) is 4.06. The van der Waals surface area contributed by atoms with E-state index in [0.29, 0.717) is 9.79 Å². The molecule has 0 atom stereocenters. The van der Waals surface area contributed by atoms with Crippen molar-refractivity contribution in [1.29, 1.82) is 0 Å². The molecule has 0 radical (unpaired) electrons. The Labute approximate surface area is 181 Å². The van der Waals surface area contributed by atoms with E-state index >= 15 is 0 Å². The predicted molar refractivity (Wildman–Crippen MR) is 124 cm³/mol. The Morgan fingerprint density at radius 2 is 1.42 bits per heavy atom. The van der Waals surface area contributed by atoms with Crippen LogP contribution in [0, 0.1) is 6.92 Å². The van der Waals surface area contributed by atoms with Crippen molar-refractivity contribution in [3.8, 4) is 11.4 Å². The van der Waals surface area contributed by atoms with Crippen molar-refractivity contribution >= 4 is 31.6 Å². The van der Waals surface area contributed by atoms with Gasteiger partial charge in [0.15, 0.2) is 0 Å². The molecular formula is C26H21NO3S. The van der Waals surface area contributed by atoms with Crippen LogP contribution in [0.1, 0.15) is 5.56 Å². The minimum absolute atomic E-state index is 0.298. The van der Waals surface area contributed by atoms with Crippen LogP contribution < -0.4 is 4.74 Å². The van der Waals surface area contributed by atoms with Gasteiger partial charge in [-0.15, -0.1) is 0 Å². The predicted octanol–water partition coefficient (Wildman–Crippen LogP) is 5.93. The second-order valence-electron chi connectivity index (χ2n) is 7.52. The molecular weight excluding hydrogens is 406 g/mol. The summed E-state index contributed by atoms with van der Waals surface area (Å²) in [4.78, 5) is 0.615. The second kappa shape index (κ2) is 7.29. The van der Waals surface area contributed by atoms with Crippen molar-refractivity contribution in [3.63, 3.8) is 0 Å². The molecule has 1 heterocycles. The highest BCUT2D eigenvalue weighted by atomic mass is 32.2. The number of sulfone groups is 1. The molecule has 0 aliphatic carbocycles. The van der Waals surface area contributed by atoms with Gasteiger partial charge in [-0.25, -0.2) is 8.42 Å². The van der Waals surface area contributed by atoms with Crippen molar-refractivity contribution in [3.05, 3.63) is 96.6 Å². The Morgan fingerprint density at radius 3 is 2.13 bits per heavy atom. The Balaban J connectivity index is 1.84. The van der Waals surface area contributed by atoms with Crippen LogP contribution in [0.4, 0.5) is 0 Å². The van der Waals surface area contributed by atoms with Gasteiger partial charge in [-0.3, -0.25) is 0 Å². The highest BCUT2D eigenvalue weighted by molar-refractivity contribution is 7.91. The third-order valence-electron chi connectivity index (χ3n) is 5.61. The summed E-state index contributed by atoms with van der Waals surface area (Å²) in [5.41, 5.74) is 3.76. The Kier molecular flexibility index (Phi) is 4.56. The van der Waals surface area contributed by atoms with E-state index in [9.17, 15) is 8.42 Å². The maximum absolute atomic E-state index is 13.6. The zero-order valence-corrected chi connectivity index (χ0v) is 18.1. The fourth-order valence-corrected chi connectivity index (χ4v) is 5.55. The molecule has 5 aromatic rings. The summed E-state index contributed by atoms with van der Waals surface area (Å²) < 4.78 is 34.6. The Morgan fingerprint density at radius 1 is 0.742 bits per heavy atom. The lowest BCUT2D eigenvalue weighted by Crippen LogP contribution is -2.03. The number of nitrogens with zero attached hydrogens (tertiary/aromatic N) is 1. The van der Waals surface area contributed by atoms with E-state index in [1.807, 2.05) is 79.7 Å². The van der Waals surface area contributed by atoms with Crippen molar-refractivity contribution in [2.24, 2.45) is 0 Å². The van der Waals surface area contributed by atoms with Crippen LogP contribution >= 0.6 is 0 Å². The number of rotatable bonds is 4. The third kappa shape index (κ3) is 3.09. The molecule has 0 saturated carbocycles. The standard InChI is InChI=1S/C26H21NO3S/c1-18-10-16-21(17-11-18)31(28,29)25-9-5-8-24-26(25)22-6-3-4-7-23(22)27(24)19-12-14-20(30-2)15-13-19/h3-17H,1-2H3. The molecule has 4 nitrogen and oxygen atoms in total. The first-order valence-electron chi connectivity index (χ1n) is 9.99. The highest BCUT2D eigenvalue weighted by Crippen LogP contribution is 2.38. The highest BCUT2D eigenvalue weighted by Gasteiger charge is 2.24. The average Bonchev–Trinajstić information content (AvgIpc) is 3.14. The molecule has 5 rings (SSSR count). The lowest BCUT2D eigenvalue weighted by Gasteiger charge is -2.10. The number of aryl methyl sites for hydroxylation is 1. The molecule has 0 N–H and O–H groups in total. The molecule has 0 spiro atoms. The number of benzene rings is 4. The number of methoxy groups -OCH3 is 1. The molecule has 0 aliphatic heterocycles. The number of hydrogen-bond acceptors (Lipinski definition) is 3. The van der Waals surface area contributed by atoms with Gasteiger partial charge in [-0.2, -0.15) is 0 Å². The van der Waals surface area contributed by atoms with Gasteiger partial charge in [0.1, 0.15) is 5.75 Å². The van der Waals surface area contributed by atoms with Crippen LogP contribution in [-0.4, -0.2) is 20.1 Å². The van der Waals surface area contributed by atoms with Gasteiger partial charge in [0.25, 0.3) is 0 Å². The minimum atomic E-state index is -3.69. The van der Waals surface area contributed by atoms with E-state index < -0.39 is 9.84 Å². The molecule has 0 amide bonds. The molecule has 31 heavy (non-hydrogen) atoms. The van der Waals surface area contributed by atoms with Gasteiger partial charge >= 0.3 is 0 Å². The van der Waals surface area contributed by atoms with Gasteiger partial charge in [0, 0.05) is 16.5 Å². The van der Waals surface area contributed by atoms with E-state index in [4.69, 9.17) is 4.74 Å². The number of hydrogen-bond donors (Lipinski definition) is 0. The summed E-state index contributed by atoms with van der Waals surface area (Å²) in [6, 6.07) is 28.1. The number of aromatic nitrogens is 1. The van der Waals surface area contributed by atoms with Crippen molar-refractivity contribution in [1.82, 2.24) is 4.57 Å². The van der Waals surface area contributed by atoms with E-state index in [2.05, 4.69) is 4.57 Å². The van der Waals surface area contributed by atoms with E-state index in [1.165, 1.54) is 0 Å². The topological polar surface area (TPSA) is 48.3 Å². The summed E-state index contributed by atoms with van der Waals surface area (Å²) in [5, 5.41) is 1.63. The van der Waals surface area contributed by atoms with Crippen molar-refractivity contribution in [2.75, 3.05) is 7.11 Å². The lowest BCUT2D eigenvalue weighted by atomic mass is 10.1. The SMILES string of the molecule is COc1ccc(-n2c3ccccc3c3c(S(=O)(=O)c4ccc(C)cc4)cccc32)cc1. The van der Waals surface area contributed by atoms with Gasteiger partial charge in [0.05, 0.1) is 27.9 Å². The molecule has 0 unspecified atom stereocenters. The zero-order chi connectivity index (χ0) is 21.6. The van der Waals surface area contributed by atoms with Crippen LogP contribution in [0.2, 0.25) is 0 Å². The van der Waals surface area contributed by atoms with Crippen LogP contribution in [0.15, 0.2) is 101 Å². The van der Waals surface area contributed by atoms with Gasteiger partial charge in [0.2, 0.25) is 9.84 Å². The summed E-state index contributed by atoms with van der Waals surface area (Å²) in [5.74, 6) is 0.771. The maximum atomic E-state index is 13.6. The summed E-state index contributed by atoms with van der Waals surface area (Å²) in [6.45, 7) is 1.94. The first-order chi connectivity index (χ1) is 15.0. The minimum Gasteiger partial charge on any atom is -0.497 e. The molecule has 4 aromatic carbocycles. The molecule has 5 heteroatoms. The average molecular weight is 428 g/mol. The zero-order valence-electron chi connectivity index (χ0n) is 17.2. The molecule has 0 saturated heterocycles. The van der Waals surface area contributed by atoms with Crippen molar-refractivity contribution < 1.29 is 13.2 Å². The lowest BCUT2D eigenvalue weighted by molar-refractivity contribution is 0.415. The number of para-hydroxylation sites is 1. The second-order valence-corrected chi connectivity index (χ2v) is 9.44. The Bertz CT molecular complexity index is 1510. The molecule has 0 aliphatic rings. The number of fused-ring (bicyclic) bond motifs is 3. The van der Waals surface area contributed by atoms with Gasteiger partial charge < -0.3 is 9.30 Å². The fraction of sp³-hybridized carbons (Fsp3) is 0.0769. The maximum Gasteiger partial charge on any atom is 0.207 e. The first-order valence-corrected chi connectivity index (χ1v) is 11.5. The molecule has 1 aromatic heterocycles. The van der Waals surface area contributed by atoms with Crippen LogP contribution in [0.3, 0.4) is 0 Å². The van der Waals surface area contributed by atoms with Gasteiger partial charge in [-0.05, 0) is 61.5 Å². The monoisotopic (exact) mass is 427 g/mol. The number of ether oxygens (including phenoxy) is 1. The summed E-state index contributed by atoms with van der Waals surface area (Å²) >= 11 is 0. The third-order valence-corrected chi connectivity index (χ3v) is 7.42. The smallest absolute Gasteiger partial charge is 0.207 e. The normalized spacial score (nSPS) is 11.8. The summed E-state index contributed by atoms with van der Waals surface area (Å²) in [7, 11) is -2.05. The van der Waals surface area contributed by atoms with E-state index in [0.717, 1.165) is 38.8 Å². The largest absolute Gasteiger partial charge is 0.497 e. The molecule has 0 fully saturated rings. The molecule has 154 valence electrons. The van der Waals surface area contributed by atoms with E-state index in [-0.39, 0.29) is 0 Å². The quantitative estimate of drug-likeness (QED) is 0.357.